The van der Waals surface area contributed by atoms with Gasteiger partial charge in [0.2, 0.25) is 0 Å². The monoisotopic (exact) mass is 388 g/mol. The van der Waals surface area contributed by atoms with E-state index in [0.717, 1.165) is 0 Å². The van der Waals surface area contributed by atoms with Gasteiger partial charge < -0.3 is 24.3 Å². The fourth-order valence-corrected chi connectivity index (χ4v) is 2.31. The second-order valence-corrected chi connectivity index (χ2v) is 5.72. The van der Waals surface area contributed by atoms with Crippen molar-refractivity contribution in [1.29, 1.82) is 0 Å². The second kappa shape index (κ2) is 10.1. The van der Waals surface area contributed by atoms with Crippen LogP contribution in [0.25, 0.3) is 0 Å². The molecular weight excluding hydrogens is 364 g/mol. The lowest BCUT2D eigenvalue weighted by Crippen LogP contribution is -2.30. The molecule has 0 bridgehead atoms. The molecule has 2 amide bonds. The Morgan fingerprint density at radius 3 is 2.18 bits per heavy atom. The van der Waals surface area contributed by atoms with Crippen LogP contribution >= 0.6 is 0 Å². The van der Waals surface area contributed by atoms with E-state index in [0.29, 0.717) is 28.6 Å². The molecule has 2 aromatic carbocycles. The fourth-order valence-electron chi connectivity index (χ4n) is 2.31. The Hall–Kier alpha value is -3.42. The summed E-state index contributed by atoms with van der Waals surface area (Å²) in [6.07, 6.45) is -1.34. The van der Waals surface area contributed by atoms with E-state index in [2.05, 4.69) is 10.6 Å². The molecule has 0 heterocycles. The summed E-state index contributed by atoms with van der Waals surface area (Å²) in [6, 6.07) is 11.8. The molecule has 0 fully saturated rings. The molecule has 0 spiro atoms. The van der Waals surface area contributed by atoms with Gasteiger partial charge in [-0.25, -0.2) is 4.79 Å². The third-order valence-electron chi connectivity index (χ3n) is 3.66. The number of nitrogens with one attached hydrogen (secondary N) is 2. The molecule has 0 radical (unpaired) electrons. The van der Waals surface area contributed by atoms with Gasteiger partial charge in [0, 0.05) is 35.6 Å². The molecule has 28 heavy (non-hydrogen) atoms. The van der Waals surface area contributed by atoms with Crippen molar-refractivity contribution in [2.75, 3.05) is 31.5 Å². The number of rotatable bonds is 8. The maximum atomic E-state index is 12.5. The highest BCUT2D eigenvalue weighted by Crippen LogP contribution is 2.26. The van der Waals surface area contributed by atoms with Crippen molar-refractivity contribution in [3.05, 3.63) is 42.5 Å². The molecule has 2 rings (SSSR count). The van der Waals surface area contributed by atoms with E-state index in [9.17, 15) is 9.59 Å². The quantitative estimate of drug-likeness (QED) is 0.716. The Kier molecular flexibility index (Phi) is 7.50. The van der Waals surface area contributed by atoms with Gasteiger partial charge >= 0.3 is 6.09 Å². The van der Waals surface area contributed by atoms with Gasteiger partial charge in [-0.05, 0) is 26.0 Å². The van der Waals surface area contributed by atoms with Crippen LogP contribution in [0.2, 0.25) is 0 Å². The van der Waals surface area contributed by atoms with Crippen LogP contribution in [0.3, 0.4) is 0 Å². The van der Waals surface area contributed by atoms with Gasteiger partial charge in [-0.3, -0.25) is 10.1 Å². The lowest BCUT2D eigenvalue weighted by Gasteiger charge is -2.16. The topological polar surface area (TPSA) is 95.1 Å². The van der Waals surface area contributed by atoms with Crippen LogP contribution in [0.15, 0.2) is 42.5 Å². The molecule has 0 aliphatic carbocycles. The van der Waals surface area contributed by atoms with Crippen LogP contribution in [0.5, 0.6) is 17.2 Å². The zero-order chi connectivity index (χ0) is 20.5. The lowest BCUT2D eigenvalue weighted by atomic mass is 10.2. The maximum Gasteiger partial charge on any atom is 0.411 e. The fraction of sp³-hybridized carbons (Fsp3) is 0.300. The van der Waals surface area contributed by atoms with E-state index in [1.165, 1.54) is 14.2 Å². The molecule has 8 nitrogen and oxygen atoms in total. The largest absolute Gasteiger partial charge is 0.497 e. The molecule has 150 valence electrons. The van der Waals surface area contributed by atoms with Crippen molar-refractivity contribution in [3.8, 4) is 17.2 Å². The Morgan fingerprint density at radius 2 is 1.57 bits per heavy atom. The number of carbonyl (C=O) groups excluding carboxylic acids is 2. The first kappa shape index (κ1) is 20.9. The molecule has 0 unspecified atom stereocenters. The van der Waals surface area contributed by atoms with E-state index < -0.39 is 12.2 Å². The first-order valence-electron chi connectivity index (χ1n) is 8.69. The normalized spacial score (nSPS) is 11.1. The smallest absolute Gasteiger partial charge is 0.411 e. The van der Waals surface area contributed by atoms with Crippen molar-refractivity contribution in [1.82, 2.24) is 0 Å². The van der Waals surface area contributed by atoms with E-state index in [4.69, 9.17) is 18.9 Å². The standard InChI is InChI=1S/C20H24N2O6/c1-5-27-20(24)22-14-7-6-8-16(9-14)28-13(2)19(23)21-15-10-17(25-3)12-18(11-15)26-4/h6-13H,5H2,1-4H3,(H,21,23)(H,22,24)/t13-/m0/s1. The number of amides is 2. The molecule has 0 aromatic heterocycles. The summed E-state index contributed by atoms with van der Waals surface area (Å²) >= 11 is 0. The van der Waals surface area contributed by atoms with Crippen molar-refractivity contribution >= 4 is 23.4 Å². The average molecular weight is 388 g/mol. The summed E-state index contributed by atoms with van der Waals surface area (Å²) < 4.78 is 20.9. The summed E-state index contributed by atoms with van der Waals surface area (Å²) in [5, 5.41) is 5.34. The number of ether oxygens (including phenoxy) is 4. The molecule has 1 atom stereocenters. The number of carbonyl (C=O) groups is 2. The summed E-state index contributed by atoms with van der Waals surface area (Å²) in [4.78, 5) is 24.0. The summed E-state index contributed by atoms with van der Waals surface area (Å²) in [5.41, 5.74) is 1.02. The van der Waals surface area contributed by atoms with Gasteiger partial charge in [0.15, 0.2) is 6.10 Å². The SMILES string of the molecule is CCOC(=O)Nc1cccc(O[C@@H](C)C(=O)Nc2cc(OC)cc(OC)c2)c1. The van der Waals surface area contributed by atoms with Crippen LogP contribution in [0, 0.1) is 0 Å². The lowest BCUT2D eigenvalue weighted by molar-refractivity contribution is -0.122. The van der Waals surface area contributed by atoms with E-state index >= 15 is 0 Å². The maximum absolute atomic E-state index is 12.5. The molecular formula is C20H24N2O6. The zero-order valence-corrected chi connectivity index (χ0v) is 16.3. The Morgan fingerprint density at radius 1 is 0.929 bits per heavy atom. The van der Waals surface area contributed by atoms with Gasteiger partial charge in [0.1, 0.15) is 17.2 Å². The molecule has 0 aliphatic rings. The van der Waals surface area contributed by atoms with Crippen molar-refractivity contribution in [2.24, 2.45) is 0 Å². The van der Waals surface area contributed by atoms with Crippen LogP contribution in [0.1, 0.15) is 13.8 Å². The molecule has 0 saturated carbocycles. The minimum atomic E-state index is -0.782. The van der Waals surface area contributed by atoms with Gasteiger partial charge in [-0.15, -0.1) is 0 Å². The number of hydrogen-bond acceptors (Lipinski definition) is 6. The van der Waals surface area contributed by atoms with E-state index in [1.54, 1.807) is 56.3 Å². The number of anilines is 2. The average Bonchev–Trinajstić information content (AvgIpc) is 2.67. The Balaban J connectivity index is 2.01. The summed E-state index contributed by atoms with van der Waals surface area (Å²) in [5.74, 6) is 1.20. The Labute approximate surface area is 163 Å². The third-order valence-corrected chi connectivity index (χ3v) is 3.66. The molecule has 8 heteroatoms. The number of benzene rings is 2. The highest BCUT2D eigenvalue weighted by atomic mass is 16.5. The van der Waals surface area contributed by atoms with Crippen LogP contribution in [0.4, 0.5) is 16.2 Å². The third kappa shape index (κ3) is 6.08. The molecule has 0 aliphatic heterocycles. The van der Waals surface area contributed by atoms with Gasteiger partial charge in [-0.2, -0.15) is 0 Å². The second-order valence-electron chi connectivity index (χ2n) is 5.72. The minimum Gasteiger partial charge on any atom is -0.497 e. The van der Waals surface area contributed by atoms with Crippen LogP contribution in [-0.4, -0.2) is 38.9 Å². The van der Waals surface area contributed by atoms with Gasteiger partial charge in [-0.1, -0.05) is 6.07 Å². The van der Waals surface area contributed by atoms with Crippen molar-refractivity contribution in [3.63, 3.8) is 0 Å². The minimum absolute atomic E-state index is 0.272. The van der Waals surface area contributed by atoms with Crippen LogP contribution in [-0.2, 0) is 9.53 Å². The molecule has 2 N–H and O–H groups in total. The predicted octanol–water partition coefficient (Wildman–Crippen LogP) is 3.68. The van der Waals surface area contributed by atoms with Crippen molar-refractivity contribution < 1.29 is 28.5 Å². The zero-order valence-electron chi connectivity index (χ0n) is 16.3. The van der Waals surface area contributed by atoms with E-state index in [-0.39, 0.29) is 12.5 Å². The van der Waals surface area contributed by atoms with Crippen LogP contribution < -0.4 is 24.8 Å². The van der Waals surface area contributed by atoms with Gasteiger partial charge in [0.05, 0.1) is 20.8 Å². The first-order chi connectivity index (χ1) is 13.4. The molecule has 2 aromatic rings. The number of hydrogen-bond donors (Lipinski definition) is 2. The predicted molar refractivity (Wildman–Crippen MR) is 105 cm³/mol. The Bertz CT molecular complexity index is 802. The number of methoxy groups -OCH3 is 2. The van der Waals surface area contributed by atoms with Gasteiger partial charge in [0.25, 0.3) is 5.91 Å². The van der Waals surface area contributed by atoms with E-state index in [1.807, 2.05) is 0 Å². The summed E-state index contributed by atoms with van der Waals surface area (Å²) in [6.45, 7) is 3.61. The highest BCUT2D eigenvalue weighted by molar-refractivity contribution is 5.94. The summed E-state index contributed by atoms with van der Waals surface area (Å²) in [7, 11) is 3.06. The molecule has 0 saturated heterocycles. The van der Waals surface area contributed by atoms with Crippen molar-refractivity contribution in [2.45, 2.75) is 20.0 Å². The highest BCUT2D eigenvalue weighted by Gasteiger charge is 2.16. The first-order valence-corrected chi connectivity index (χ1v) is 8.69.